The summed E-state index contributed by atoms with van der Waals surface area (Å²) >= 11 is 6.08. The summed E-state index contributed by atoms with van der Waals surface area (Å²) in [7, 11) is 3.19. The van der Waals surface area contributed by atoms with E-state index < -0.39 is 0 Å². The lowest BCUT2D eigenvalue weighted by Gasteiger charge is -2.21. The number of likely N-dealkylation sites (N-methyl/N-ethyl adjacent to an activating group) is 1. The molecule has 1 saturated heterocycles. The minimum atomic E-state index is -0.298. The zero-order valence-corrected chi connectivity index (χ0v) is 18.3. The Morgan fingerprint density at radius 1 is 1.13 bits per heavy atom. The molecule has 164 valence electrons. The van der Waals surface area contributed by atoms with Gasteiger partial charge in [0.15, 0.2) is 11.5 Å². The van der Waals surface area contributed by atoms with Crippen molar-refractivity contribution in [1.29, 1.82) is 0 Å². The number of hydrogen-bond donors (Lipinski definition) is 1. The van der Waals surface area contributed by atoms with Gasteiger partial charge in [0.2, 0.25) is 5.91 Å². The number of fused-ring (bicyclic) bond motifs is 1. The molecular formula is C22H25ClN4O4. The molecule has 0 saturated carbocycles. The smallest absolute Gasteiger partial charge is 0.327 e. The fraction of sp³-hybridized carbons (Fsp3) is 0.364. The van der Waals surface area contributed by atoms with Crippen LogP contribution in [0, 0.1) is 0 Å². The second-order valence-corrected chi connectivity index (χ2v) is 7.96. The van der Waals surface area contributed by atoms with Gasteiger partial charge in [0.25, 0.3) is 0 Å². The standard InChI is InChI=1S/C22H25ClN4O4/c1-25-14-21(28)26(22(25)29)9-10-31-19-6-3-15(11-20(19)30-2)13-24-27-8-7-16-12-17(23)4-5-18(16)27/h3-6,11-12,24H,7-10,13-14H2,1-2H3. The molecule has 31 heavy (non-hydrogen) atoms. The highest BCUT2D eigenvalue weighted by molar-refractivity contribution is 6.30. The van der Waals surface area contributed by atoms with Crippen molar-refractivity contribution in [2.24, 2.45) is 0 Å². The van der Waals surface area contributed by atoms with Crippen molar-refractivity contribution in [2.45, 2.75) is 13.0 Å². The topological polar surface area (TPSA) is 74.4 Å². The summed E-state index contributed by atoms with van der Waals surface area (Å²) in [6.45, 7) is 2.02. The van der Waals surface area contributed by atoms with Crippen LogP contribution in [0.25, 0.3) is 0 Å². The molecule has 0 unspecified atom stereocenters. The maximum absolute atomic E-state index is 11.9. The number of methoxy groups -OCH3 is 1. The Morgan fingerprint density at radius 3 is 2.71 bits per heavy atom. The zero-order chi connectivity index (χ0) is 22.0. The maximum Gasteiger partial charge on any atom is 0.327 e. The highest BCUT2D eigenvalue weighted by Crippen LogP contribution is 2.30. The van der Waals surface area contributed by atoms with Crippen molar-refractivity contribution in [3.05, 3.63) is 52.5 Å². The molecule has 2 aliphatic rings. The number of anilines is 1. The lowest BCUT2D eigenvalue weighted by atomic mass is 10.2. The summed E-state index contributed by atoms with van der Waals surface area (Å²) in [5, 5.41) is 2.88. The fourth-order valence-corrected chi connectivity index (χ4v) is 3.99. The molecule has 3 amide bonds. The van der Waals surface area contributed by atoms with Gasteiger partial charge >= 0.3 is 6.03 Å². The molecule has 2 aliphatic heterocycles. The molecule has 0 aromatic heterocycles. The third kappa shape index (κ3) is 4.55. The molecular weight excluding hydrogens is 420 g/mol. The van der Waals surface area contributed by atoms with Crippen LogP contribution in [0.2, 0.25) is 5.02 Å². The van der Waals surface area contributed by atoms with E-state index in [1.165, 1.54) is 15.4 Å². The lowest BCUT2D eigenvalue weighted by Crippen LogP contribution is -2.36. The Kier molecular flexibility index (Phi) is 6.20. The van der Waals surface area contributed by atoms with E-state index in [2.05, 4.69) is 10.4 Å². The van der Waals surface area contributed by atoms with E-state index in [1.54, 1.807) is 14.2 Å². The molecule has 4 rings (SSSR count). The van der Waals surface area contributed by atoms with Crippen molar-refractivity contribution in [1.82, 2.24) is 15.2 Å². The molecule has 0 spiro atoms. The number of amides is 3. The molecule has 1 fully saturated rings. The first-order chi connectivity index (χ1) is 15.0. The summed E-state index contributed by atoms with van der Waals surface area (Å²) in [6, 6.07) is 11.4. The zero-order valence-electron chi connectivity index (χ0n) is 17.6. The minimum absolute atomic E-state index is 0.110. The third-order valence-corrected chi connectivity index (χ3v) is 5.68. The number of carbonyl (C=O) groups is 2. The maximum atomic E-state index is 11.9. The van der Waals surface area contributed by atoms with E-state index in [1.807, 2.05) is 36.4 Å². The van der Waals surface area contributed by atoms with Gasteiger partial charge in [-0.1, -0.05) is 17.7 Å². The minimum Gasteiger partial charge on any atom is -0.493 e. The largest absolute Gasteiger partial charge is 0.493 e. The van der Waals surface area contributed by atoms with Crippen molar-refractivity contribution < 1.29 is 19.1 Å². The molecule has 2 heterocycles. The molecule has 1 N–H and O–H groups in total. The molecule has 0 bridgehead atoms. The molecule has 9 heteroatoms. The third-order valence-electron chi connectivity index (χ3n) is 5.44. The summed E-state index contributed by atoms with van der Waals surface area (Å²) in [6.07, 6.45) is 0.955. The monoisotopic (exact) mass is 444 g/mol. The fourth-order valence-electron chi connectivity index (χ4n) is 3.80. The molecule has 2 aromatic rings. The SMILES string of the molecule is COc1cc(CNN2CCc3cc(Cl)ccc32)ccc1OCCN1C(=O)CN(C)C1=O. The number of carbonyl (C=O) groups excluding carboxylic acids is 2. The van der Waals surface area contributed by atoms with Crippen LogP contribution in [0.5, 0.6) is 11.5 Å². The molecule has 8 nitrogen and oxygen atoms in total. The van der Waals surface area contributed by atoms with Crippen LogP contribution < -0.4 is 19.9 Å². The number of benzene rings is 2. The number of ether oxygens (including phenoxy) is 2. The highest BCUT2D eigenvalue weighted by atomic mass is 35.5. The average molecular weight is 445 g/mol. The van der Waals surface area contributed by atoms with Crippen LogP contribution in [0.15, 0.2) is 36.4 Å². The number of nitrogens with zero attached hydrogens (tertiary/aromatic N) is 3. The Balaban J connectivity index is 1.33. The van der Waals surface area contributed by atoms with Crippen LogP contribution in [0.4, 0.5) is 10.5 Å². The lowest BCUT2D eigenvalue weighted by molar-refractivity contribution is -0.125. The number of hydrazine groups is 1. The van der Waals surface area contributed by atoms with Crippen molar-refractivity contribution in [3.8, 4) is 11.5 Å². The number of hydrogen-bond acceptors (Lipinski definition) is 6. The predicted octanol–water partition coefficient (Wildman–Crippen LogP) is 2.69. The van der Waals surface area contributed by atoms with Crippen LogP contribution in [-0.4, -0.2) is 62.1 Å². The highest BCUT2D eigenvalue weighted by Gasteiger charge is 2.33. The second-order valence-electron chi connectivity index (χ2n) is 7.53. The van der Waals surface area contributed by atoms with E-state index >= 15 is 0 Å². The first-order valence-corrected chi connectivity index (χ1v) is 10.5. The number of rotatable bonds is 8. The first-order valence-electron chi connectivity index (χ1n) is 10.1. The summed E-state index contributed by atoms with van der Waals surface area (Å²) in [5.41, 5.74) is 6.87. The quantitative estimate of drug-likeness (QED) is 0.631. The average Bonchev–Trinajstić information content (AvgIpc) is 3.27. The number of imide groups is 1. The molecule has 0 aliphatic carbocycles. The molecule has 2 aromatic carbocycles. The summed E-state index contributed by atoms with van der Waals surface area (Å²) in [4.78, 5) is 26.4. The molecule has 0 radical (unpaired) electrons. The van der Waals surface area contributed by atoms with Crippen LogP contribution in [0.3, 0.4) is 0 Å². The number of nitrogens with one attached hydrogen (secondary N) is 1. The van der Waals surface area contributed by atoms with E-state index in [4.69, 9.17) is 21.1 Å². The Hall–Kier alpha value is -2.97. The second kappa shape index (κ2) is 9.03. The predicted molar refractivity (Wildman–Crippen MR) is 118 cm³/mol. The van der Waals surface area contributed by atoms with Gasteiger partial charge < -0.3 is 19.4 Å². The van der Waals surface area contributed by atoms with E-state index in [0.717, 1.165) is 29.2 Å². The van der Waals surface area contributed by atoms with Crippen molar-refractivity contribution >= 4 is 29.2 Å². The molecule has 0 atom stereocenters. The first kappa shape index (κ1) is 21.3. The van der Waals surface area contributed by atoms with Gasteiger partial charge in [-0.05, 0) is 47.9 Å². The van der Waals surface area contributed by atoms with Gasteiger partial charge in [-0.25, -0.2) is 10.2 Å². The van der Waals surface area contributed by atoms with Crippen LogP contribution in [0.1, 0.15) is 11.1 Å². The van der Waals surface area contributed by atoms with Gasteiger partial charge in [0.05, 0.1) is 19.3 Å². The number of urea groups is 1. The van der Waals surface area contributed by atoms with Gasteiger partial charge in [0.1, 0.15) is 13.2 Å². The number of halogens is 1. The van der Waals surface area contributed by atoms with Crippen molar-refractivity contribution in [3.63, 3.8) is 0 Å². The van der Waals surface area contributed by atoms with Crippen LogP contribution in [-0.2, 0) is 17.8 Å². The Morgan fingerprint density at radius 2 is 1.97 bits per heavy atom. The summed E-state index contributed by atoms with van der Waals surface area (Å²) in [5.74, 6) is 0.958. The van der Waals surface area contributed by atoms with Gasteiger partial charge in [0, 0.05) is 25.2 Å². The Bertz CT molecular complexity index is 999. The van der Waals surface area contributed by atoms with E-state index in [0.29, 0.717) is 18.0 Å². The van der Waals surface area contributed by atoms with Crippen molar-refractivity contribution in [2.75, 3.05) is 45.4 Å². The van der Waals surface area contributed by atoms with Gasteiger partial charge in [-0.3, -0.25) is 9.69 Å². The Labute approximate surface area is 186 Å². The van der Waals surface area contributed by atoms with Gasteiger partial charge in [-0.2, -0.15) is 0 Å². The van der Waals surface area contributed by atoms with Crippen LogP contribution >= 0.6 is 11.6 Å². The van der Waals surface area contributed by atoms with E-state index in [9.17, 15) is 9.59 Å². The normalized spacial score (nSPS) is 15.6. The summed E-state index contributed by atoms with van der Waals surface area (Å²) < 4.78 is 11.3. The van der Waals surface area contributed by atoms with Gasteiger partial charge in [-0.15, -0.1) is 0 Å². The van der Waals surface area contributed by atoms with E-state index in [-0.39, 0.29) is 31.6 Å².